The van der Waals surface area contributed by atoms with E-state index in [2.05, 4.69) is 14.7 Å². The molecular formula is C13H8N4O2S2. The number of pyridine rings is 1. The van der Waals surface area contributed by atoms with E-state index in [0.29, 0.717) is 5.69 Å². The summed E-state index contributed by atoms with van der Waals surface area (Å²) in [5.41, 5.74) is 2.78. The molecule has 0 amide bonds. The van der Waals surface area contributed by atoms with Crippen molar-refractivity contribution < 1.29 is 8.42 Å². The van der Waals surface area contributed by atoms with Crippen molar-refractivity contribution in [2.24, 2.45) is 0 Å². The van der Waals surface area contributed by atoms with Crippen molar-refractivity contribution in [1.82, 2.24) is 9.97 Å². The van der Waals surface area contributed by atoms with Gasteiger partial charge in [-0.3, -0.25) is 4.72 Å². The van der Waals surface area contributed by atoms with Gasteiger partial charge < -0.3 is 0 Å². The van der Waals surface area contributed by atoms with Gasteiger partial charge in [-0.15, -0.1) is 11.3 Å². The van der Waals surface area contributed by atoms with E-state index in [4.69, 9.17) is 5.26 Å². The standard InChI is InChI=1S/C13H8N4O2S2/c14-7-11-13(2-1-5-15-11)21(18,19)17-9-3-4-10-12(6-9)20-8-16-10/h1-6,8,17H. The molecule has 0 radical (unpaired) electrons. The monoisotopic (exact) mass is 316 g/mol. The van der Waals surface area contributed by atoms with Crippen LogP contribution in [0.25, 0.3) is 10.2 Å². The third-order valence-electron chi connectivity index (χ3n) is 2.75. The van der Waals surface area contributed by atoms with Gasteiger partial charge in [0.05, 0.1) is 21.4 Å². The van der Waals surface area contributed by atoms with Crippen molar-refractivity contribution in [3.8, 4) is 6.07 Å². The van der Waals surface area contributed by atoms with E-state index in [0.717, 1.165) is 10.2 Å². The molecule has 0 fully saturated rings. The minimum absolute atomic E-state index is 0.135. The molecule has 0 spiro atoms. The van der Waals surface area contributed by atoms with Gasteiger partial charge in [0.2, 0.25) is 0 Å². The highest BCUT2D eigenvalue weighted by Crippen LogP contribution is 2.24. The van der Waals surface area contributed by atoms with Crippen LogP contribution in [0.2, 0.25) is 0 Å². The number of fused-ring (bicyclic) bond motifs is 1. The Morgan fingerprint density at radius 3 is 2.90 bits per heavy atom. The van der Waals surface area contributed by atoms with E-state index >= 15 is 0 Å². The summed E-state index contributed by atoms with van der Waals surface area (Å²) in [4.78, 5) is 7.75. The van der Waals surface area contributed by atoms with Crippen molar-refractivity contribution in [2.75, 3.05) is 4.72 Å². The SMILES string of the molecule is N#Cc1ncccc1S(=O)(=O)Nc1ccc2ncsc2c1. The van der Waals surface area contributed by atoms with Crippen LogP contribution in [0.5, 0.6) is 0 Å². The fourth-order valence-corrected chi connectivity index (χ4v) is 3.69. The molecule has 3 aromatic rings. The molecule has 0 aliphatic carbocycles. The summed E-state index contributed by atoms with van der Waals surface area (Å²) >= 11 is 1.42. The molecule has 0 aliphatic rings. The van der Waals surface area contributed by atoms with Gasteiger partial charge in [-0.25, -0.2) is 18.4 Å². The van der Waals surface area contributed by atoms with Crippen molar-refractivity contribution in [3.63, 3.8) is 0 Å². The number of hydrogen-bond donors (Lipinski definition) is 1. The molecular weight excluding hydrogens is 308 g/mol. The molecule has 0 aliphatic heterocycles. The molecule has 0 saturated heterocycles. The van der Waals surface area contributed by atoms with Crippen LogP contribution in [0.15, 0.2) is 46.9 Å². The number of benzene rings is 1. The lowest BCUT2D eigenvalue weighted by Gasteiger charge is -2.08. The van der Waals surface area contributed by atoms with Gasteiger partial charge in [-0.1, -0.05) is 0 Å². The third-order valence-corrected chi connectivity index (χ3v) is 4.95. The van der Waals surface area contributed by atoms with Crippen LogP contribution < -0.4 is 4.72 Å². The van der Waals surface area contributed by atoms with E-state index in [1.54, 1.807) is 29.8 Å². The average Bonchev–Trinajstić information content (AvgIpc) is 2.94. The third kappa shape index (κ3) is 2.56. The smallest absolute Gasteiger partial charge is 0.264 e. The van der Waals surface area contributed by atoms with Gasteiger partial charge in [0.15, 0.2) is 5.69 Å². The first-order chi connectivity index (χ1) is 10.1. The first-order valence-electron chi connectivity index (χ1n) is 5.81. The van der Waals surface area contributed by atoms with Gasteiger partial charge in [0.1, 0.15) is 11.0 Å². The topological polar surface area (TPSA) is 95.7 Å². The number of rotatable bonds is 3. The van der Waals surface area contributed by atoms with Crippen molar-refractivity contribution in [3.05, 3.63) is 47.7 Å². The highest BCUT2D eigenvalue weighted by Gasteiger charge is 2.19. The Bertz CT molecular complexity index is 957. The summed E-state index contributed by atoms with van der Waals surface area (Å²) in [6.45, 7) is 0. The average molecular weight is 316 g/mol. The van der Waals surface area contributed by atoms with Gasteiger partial charge in [-0.05, 0) is 30.3 Å². The van der Waals surface area contributed by atoms with E-state index < -0.39 is 10.0 Å². The van der Waals surface area contributed by atoms with Crippen LogP contribution in [-0.2, 0) is 10.0 Å². The van der Waals surface area contributed by atoms with Crippen LogP contribution in [0.1, 0.15) is 5.69 Å². The Kier molecular flexibility index (Phi) is 3.29. The Balaban J connectivity index is 2.01. The predicted octanol–water partition coefficient (Wildman–Crippen LogP) is 2.36. The number of anilines is 1. The molecule has 6 nitrogen and oxygen atoms in total. The van der Waals surface area contributed by atoms with Gasteiger partial charge in [0, 0.05) is 6.20 Å². The molecule has 0 bridgehead atoms. The normalized spacial score (nSPS) is 11.2. The zero-order chi connectivity index (χ0) is 14.9. The minimum Gasteiger partial charge on any atom is -0.279 e. The lowest BCUT2D eigenvalue weighted by Crippen LogP contribution is -2.14. The van der Waals surface area contributed by atoms with E-state index in [1.165, 1.54) is 29.7 Å². The van der Waals surface area contributed by atoms with Crippen molar-refractivity contribution in [2.45, 2.75) is 4.90 Å². The number of thiazole rings is 1. The maximum absolute atomic E-state index is 12.3. The molecule has 8 heteroatoms. The highest BCUT2D eigenvalue weighted by molar-refractivity contribution is 7.92. The number of nitriles is 1. The molecule has 104 valence electrons. The summed E-state index contributed by atoms with van der Waals surface area (Å²) in [5.74, 6) is 0. The zero-order valence-electron chi connectivity index (χ0n) is 10.5. The van der Waals surface area contributed by atoms with Gasteiger partial charge in [-0.2, -0.15) is 5.26 Å². The molecule has 0 unspecified atom stereocenters. The van der Waals surface area contributed by atoms with Crippen LogP contribution in [0, 0.1) is 11.3 Å². The van der Waals surface area contributed by atoms with Gasteiger partial charge >= 0.3 is 0 Å². The van der Waals surface area contributed by atoms with Crippen LogP contribution in [0.3, 0.4) is 0 Å². The summed E-state index contributed by atoms with van der Waals surface area (Å²) in [6.07, 6.45) is 1.38. The molecule has 0 saturated carbocycles. The van der Waals surface area contributed by atoms with Gasteiger partial charge in [0.25, 0.3) is 10.0 Å². The largest absolute Gasteiger partial charge is 0.279 e. The van der Waals surface area contributed by atoms with Crippen LogP contribution >= 0.6 is 11.3 Å². The summed E-state index contributed by atoms with van der Waals surface area (Å²) in [6, 6.07) is 9.66. The molecule has 1 N–H and O–H groups in total. The first-order valence-corrected chi connectivity index (χ1v) is 8.17. The highest BCUT2D eigenvalue weighted by atomic mass is 32.2. The fourth-order valence-electron chi connectivity index (χ4n) is 1.82. The molecule has 2 heterocycles. The maximum Gasteiger partial charge on any atom is 0.264 e. The molecule has 21 heavy (non-hydrogen) atoms. The Hall–Kier alpha value is -2.50. The zero-order valence-corrected chi connectivity index (χ0v) is 12.1. The minimum atomic E-state index is -3.86. The fraction of sp³-hybridized carbons (Fsp3) is 0. The summed E-state index contributed by atoms with van der Waals surface area (Å²) in [7, 11) is -3.86. The quantitative estimate of drug-likeness (QED) is 0.800. The second kappa shape index (κ2) is 5.12. The molecule has 1 aromatic carbocycles. The van der Waals surface area contributed by atoms with E-state index in [-0.39, 0.29) is 10.6 Å². The number of sulfonamides is 1. The second-order valence-electron chi connectivity index (χ2n) is 4.10. The van der Waals surface area contributed by atoms with Crippen molar-refractivity contribution >= 4 is 37.3 Å². The summed E-state index contributed by atoms with van der Waals surface area (Å²) in [5, 5.41) is 8.95. The van der Waals surface area contributed by atoms with Crippen molar-refractivity contribution in [1.29, 1.82) is 5.26 Å². The number of hydrogen-bond acceptors (Lipinski definition) is 6. The van der Waals surface area contributed by atoms with Crippen LogP contribution in [-0.4, -0.2) is 18.4 Å². The van der Waals surface area contributed by atoms with E-state index in [9.17, 15) is 8.42 Å². The van der Waals surface area contributed by atoms with E-state index in [1.807, 2.05) is 0 Å². The lowest BCUT2D eigenvalue weighted by molar-refractivity contribution is 0.600. The number of nitrogens with one attached hydrogen (secondary N) is 1. The molecule has 0 atom stereocenters. The Morgan fingerprint density at radius 2 is 2.10 bits per heavy atom. The Labute approximate surface area is 124 Å². The summed E-state index contributed by atoms with van der Waals surface area (Å²) < 4.78 is 28.0. The molecule has 2 aromatic heterocycles. The lowest BCUT2D eigenvalue weighted by atomic mass is 10.3. The molecule has 3 rings (SSSR count). The first kappa shape index (κ1) is 13.5. The van der Waals surface area contributed by atoms with Crippen LogP contribution in [0.4, 0.5) is 5.69 Å². The second-order valence-corrected chi connectivity index (χ2v) is 6.64. The number of nitrogens with zero attached hydrogens (tertiary/aromatic N) is 3. The maximum atomic E-state index is 12.3. The number of aromatic nitrogens is 2. The predicted molar refractivity (Wildman–Crippen MR) is 79.4 cm³/mol. The Morgan fingerprint density at radius 1 is 1.24 bits per heavy atom.